The number of esters is 1. The van der Waals surface area contributed by atoms with Crippen molar-refractivity contribution in [2.24, 2.45) is 5.73 Å². The quantitative estimate of drug-likeness (QED) is 0.652. The van der Waals surface area contributed by atoms with E-state index in [2.05, 4.69) is 9.72 Å². The minimum absolute atomic E-state index is 0.0156. The fraction of sp³-hybridized carbons (Fsp3) is 0.105. The number of nitrogens with two attached hydrogens (primary N) is 1. The molecule has 0 aliphatic heterocycles. The number of urea groups is 1. The highest BCUT2D eigenvalue weighted by Gasteiger charge is 2.23. The second kappa shape index (κ2) is 8.33. The first-order valence-corrected chi connectivity index (χ1v) is 8.89. The van der Waals surface area contributed by atoms with Gasteiger partial charge in [-0.2, -0.15) is 0 Å². The number of hydrogen-bond acceptors (Lipinski definition) is 6. The molecule has 1 aromatic heterocycles. The van der Waals surface area contributed by atoms with Crippen molar-refractivity contribution in [3.8, 4) is 11.5 Å². The average Bonchev–Trinajstić information content (AvgIpc) is 3.11. The van der Waals surface area contributed by atoms with Gasteiger partial charge in [0.25, 0.3) is 0 Å². The highest BCUT2D eigenvalue weighted by molar-refractivity contribution is 7.14. The Morgan fingerprint density at radius 2 is 1.81 bits per heavy atom. The van der Waals surface area contributed by atoms with Crippen LogP contribution in [0.15, 0.2) is 60.0 Å². The minimum Gasteiger partial charge on any atom is -0.469 e. The van der Waals surface area contributed by atoms with Crippen molar-refractivity contribution in [3.63, 3.8) is 0 Å². The molecule has 3 aromatic rings. The number of para-hydroxylation sites is 3. The molecule has 0 aliphatic carbocycles. The van der Waals surface area contributed by atoms with Gasteiger partial charge in [-0.3, -0.25) is 4.79 Å². The van der Waals surface area contributed by atoms with Gasteiger partial charge in [0.2, 0.25) is 0 Å². The summed E-state index contributed by atoms with van der Waals surface area (Å²) in [5.41, 5.74) is 6.55. The first-order valence-electron chi connectivity index (χ1n) is 8.01. The first-order chi connectivity index (χ1) is 13.1. The summed E-state index contributed by atoms with van der Waals surface area (Å²) in [6.45, 7) is 0. The number of benzene rings is 2. The summed E-state index contributed by atoms with van der Waals surface area (Å²) in [4.78, 5) is 29.2. The van der Waals surface area contributed by atoms with Crippen LogP contribution in [-0.4, -0.2) is 24.1 Å². The predicted octanol–water partition coefficient (Wildman–Crippen LogP) is 3.87. The Balaban J connectivity index is 1.94. The van der Waals surface area contributed by atoms with E-state index >= 15 is 0 Å². The second-order valence-electron chi connectivity index (χ2n) is 5.43. The smallest absolute Gasteiger partial charge is 0.325 e. The zero-order valence-corrected chi connectivity index (χ0v) is 15.3. The van der Waals surface area contributed by atoms with Crippen LogP contribution in [0.25, 0.3) is 0 Å². The Bertz CT molecular complexity index is 943. The van der Waals surface area contributed by atoms with Crippen LogP contribution in [0.5, 0.6) is 11.5 Å². The highest BCUT2D eigenvalue weighted by atomic mass is 32.1. The van der Waals surface area contributed by atoms with E-state index in [-0.39, 0.29) is 6.42 Å². The maximum absolute atomic E-state index is 12.2. The van der Waals surface area contributed by atoms with Crippen LogP contribution in [0.1, 0.15) is 5.69 Å². The lowest BCUT2D eigenvalue weighted by molar-refractivity contribution is -0.139. The molecule has 0 aliphatic rings. The van der Waals surface area contributed by atoms with Crippen LogP contribution in [0.2, 0.25) is 0 Å². The lowest BCUT2D eigenvalue weighted by Gasteiger charge is -2.20. The van der Waals surface area contributed by atoms with Crippen molar-refractivity contribution in [1.82, 2.24) is 4.98 Å². The Kier molecular flexibility index (Phi) is 5.68. The van der Waals surface area contributed by atoms with Crippen molar-refractivity contribution in [3.05, 3.63) is 65.7 Å². The summed E-state index contributed by atoms with van der Waals surface area (Å²) < 4.78 is 10.5. The van der Waals surface area contributed by atoms with Gasteiger partial charge in [0.15, 0.2) is 10.9 Å². The summed E-state index contributed by atoms with van der Waals surface area (Å²) in [7, 11) is 1.31. The Morgan fingerprint density at radius 1 is 1.11 bits per heavy atom. The summed E-state index contributed by atoms with van der Waals surface area (Å²) >= 11 is 1.20. The van der Waals surface area contributed by atoms with Gasteiger partial charge in [-0.05, 0) is 24.3 Å². The zero-order valence-electron chi connectivity index (χ0n) is 14.5. The molecule has 1 heterocycles. The molecule has 0 unspecified atom stereocenters. The summed E-state index contributed by atoms with van der Waals surface area (Å²) in [5, 5.41) is 2.02. The van der Waals surface area contributed by atoms with Gasteiger partial charge in [0.05, 0.1) is 24.9 Å². The third kappa shape index (κ3) is 4.42. The summed E-state index contributed by atoms with van der Waals surface area (Å²) in [5.74, 6) is 0.664. The van der Waals surface area contributed by atoms with E-state index in [1.807, 2.05) is 30.3 Å². The summed E-state index contributed by atoms with van der Waals surface area (Å²) in [6, 6.07) is 15.5. The maximum atomic E-state index is 12.2. The van der Waals surface area contributed by atoms with Crippen molar-refractivity contribution in [2.75, 3.05) is 12.0 Å². The summed E-state index contributed by atoms with van der Waals surface area (Å²) in [6.07, 6.45) is 0.0156. The van der Waals surface area contributed by atoms with Gasteiger partial charge in [-0.15, -0.1) is 11.3 Å². The molecule has 0 atom stereocenters. The Labute approximate surface area is 160 Å². The van der Waals surface area contributed by atoms with E-state index in [1.165, 1.54) is 23.3 Å². The van der Waals surface area contributed by atoms with Crippen molar-refractivity contribution < 1.29 is 19.1 Å². The monoisotopic (exact) mass is 383 g/mol. The van der Waals surface area contributed by atoms with Crippen LogP contribution >= 0.6 is 11.3 Å². The van der Waals surface area contributed by atoms with E-state index in [4.69, 9.17) is 10.5 Å². The van der Waals surface area contributed by atoms with Gasteiger partial charge < -0.3 is 15.2 Å². The molecule has 27 heavy (non-hydrogen) atoms. The third-order valence-electron chi connectivity index (χ3n) is 3.58. The number of aromatic nitrogens is 1. The minimum atomic E-state index is -0.710. The molecular formula is C19H17N3O4S. The lowest BCUT2D eigenvalue weighted by atomic mass is 10.2. The predicted molar refractivity (Wildman–Crippen MR) is 103 cm³/mol. The van der Waals surface area contributed by atoms with E-state index in [0.29, 0.717) is 28.0 Å². The van der Waals surface area contributed by atoms with E-state index in [0.717, 1.165) is 0 Å². The van der Waals surface area contributed by atoms with Gasteiger partial charge in [-0.25, -0.2) is 14.7 Å². The molecule has 0 saturated heterocycles. The number of hydrogen-bond donors (Lipinski definition) is 1. The van der Waals surface area contributed by atoms with Crippen LogP contribution in [-0.2, 0) is 16.0 Å². The fourth-order valence-electron chi connectivity index (χ4n) is 2.36. The number of methoxy groups -OCH3 is 1. The van der Waals surface area contributed by atoms with Gasteiger partial charge in [0.1, 0.15) is 5.75 Å². The van der Waals surface area contributed by atoms with Crippen LogP contribution < -0.4 is 15.4 Å². The van der Waals surface area contributed by atoms with Crippen molar-refractivity contribution in [1.29, 1.82) is 0 Å². The number of thiazole rings is 1. The molecule has 2 N–H and O–H groups in total. The van der Waals surface area contributed by atoms with Crippen LogP contribution in [0.3, 0.4) is 0 Å². The maximum Gasteiger partial charge on any atom is 0.325 e. The van der Waals surface area contributed by atoms with Gasteiger partial charge in [-0.1, -0.05) is 30.3 Å². The topological polar surface area (TPSA) is 94.8 Å². The number of carbonyl (C=O) groups is 2. The number of ether oxygens (including phenoxy) is 2. The number of anilines is 2. The van der Waals surface area contributed by atoms with E-state index < -0.39 is 12.0 Å². The number of carbonyl (C=O) groups excluding carboxylic acids is 2. The number of nitrogens with zero attached hydrogens (tertiary/aromatic N) is 2. The average molecular weight is 383 g/mol. The molecule has 0 spiro atoms. The van der Waals surface area contributed by atoms with Crippen molar-refractivity contribution >= 4 is 34.2 Å². The SMILES string of the molecule is COC(=O)Cc1csc(N(C(N)=O)c2ccccc2Oc2ccccc2)n1. The lowest BCUT2D eigenvalue weighted by Crippen LogP contribution is -2.31. The molecule has 8 heteroatoms. The molecular weight excluding hydrogens is 366 g/mol. The highest BCUT2D eigenvalue weighted by Crippen LogP contribution is 2.37. The zero-order chi connectivity index (χ0) is 19.2. The normalized spacial score (nSPS) is 10.3. The molecule has 7 nitrogen and oxygen atoms in total. The largest absolute Gasteiger partial charge is 0.469 e. The fourth-order valence-corrected chi connectivity index (χ4v) is 3.20. The molecule has 0 saturated carbocycles. The van der Waals surface area contributed by atoms with Gasteiger partial charge >= 0.3 is 12.0 Å². The number of amides is 2. The van der Waals surface area contributed by atoms with Gasteiger partial charge in [0, 0.05) is 5.38 Å². The van der Waals surface area contributed by atoms with E-state index in [1.54, 1.807) is 29.6 Å². The Hall–Kier alpha value is -3.39. The second-order valence-corrected chi connectivity index (χ2v) is 6.27. The molecule has 2 aromatic carbocycles. The molecule has 0 bridgehead atoms. The van der Waals surface area contributed by atoms with Crippen molar-refractivity contribution in [2.45, 2.75) is 6.42 Å². The number of primary amides is 1. The molecule has 0 radical (unpaired) electrons. The standard InChI is InChI=1S/C19H17N3O4S/c1-25-17(23)11-13-12-27-19(21-13)22(18(20)24)15-9-5-6-10-16(15)26-14-7-3-2-4-8-14/h2-10,12H,11H2,1H3,(H2,20,24). The molecule has 3 rings (SSSR count). The van der Waals surface area contributed by atoms with E-state index in [9.17, 15) is 9.59 Å². The number of rotatable bonds is 6. The Morgan fingerprint density at radius 3 is 2.52 bits per heavy atom. The third-order valence-corrected chi connectivity index (χ3v) is 4.46. The molecule has 0 fully saturated rings. The van der Waals surface area contributed by atoms with Crippen LogP contribution in [0.4, 0.5) is 15.6 Å². The molecule has 138 valence electrons. The van der Waals surface area contributed by atoms with Crippen LogP contribution in [0, 0.1) is 0 Å². The molecule has 2 amide bonds. The first kappa shape index (κ1) is 18.4.